The number of anilines is 1. The van der Waals surface area contributed by atoms with Gasteiger partial charge in [-0.15, -0.1) is 0 Å². The highest BCUT2D eigenvalue weighted by Crippen LogP contribution is 2.26. The van der Waals surface area contributed by atoms with Crippen molar-refractivity contribution in [2.75, 3.05) is 11.9 Å². The number of esters is 1. The summed E-state index contributed by atoms with van der Waals surface area (Å²) < 4.78 is 7.18. The molecule has 0 unspecified atom stereocenters. The fraction of sp³-hybridized carbons (Fsp3) is 0.133. The first-order valence-electron chi connectivity index (χ1n) is 6.94. The quantitative estimate of drug-likeness (QED) is 0.587. The average molecular weight is 393 g/mol. The Kier molecular flexibility index (Phi) is 4.26. The molecule has 0 aliphatic carbocycles. The maximum Gasteiger partial charge on any atom is 0.355 e. The van der Waals surface area contributed by atoms with Crippen LogP contribution in [0.15, 0.2) is 39.7 Å². The van der Waals surface area contributed by atoms with Crippen LogP contribution in [0.25, 0.3) is 11.0 Å². The van der Waals surface area contributed by atoms with Crippen LogP contribution in [0.4, 0.5) is 5.69 Å². The zero-order valence-corrected chi connectivity index (χ0v) is 14.1. The number of aromatic amines is 2. The number of aryl methyl sites for hydroxylation is 1. The summed E-state index contributed by atoms with van der Waals surface area (Å²) in [5.74, 6) is -1.07. The van der Waals surface area contributed by atoms with Gasteiger partial charge in [-0.05, 0) is 40.2 Å². The highest BCUT2D eigenvalue weighted by atomic mass is 79.9. The summed E-state index contributed by atoms with van der Waals surface area (Å²) in [6.07, 6.45) is 1.71. The summed E-state index contributed by atoms with van der Waals surface area (Å²) >= 11 is 3.31. The summed E-state index contributed by atoms with van der Waals surface area (Å²) in [7, 11) is 1.71. The molecule has 0 saturated heterocycles. The molecular formula is C15H13BrN4O4. The molecule has 1 amide bonds. The average Bonchev–Trinajstić information content (AvgIpc) is 3.10. The van der Waals surface area contributed by atoms with Crippen LogP contribution in [0.3, 0.4) is 0 Å². The fourth-order valence-corrected chi connectivity index (χ4v) is 2.66. The predicted molar refractivity (Wildman–Crippen MR) is 90.9 cm³/mol. The van der Waals surface area contributed by atoms with Crippen LogP contribution >= 0.6 is 15.9 Å². The van der Waals surface area contributed by atoms with Crippen molar-refractivity contribution in [3.05, 3.63) is 51.1 Å². The molecule has 24 heavy (non-hydrogen) atoms. The van der Waals surface area contributed by atoms with Crippen molar-refractivity contribution in [2.24, 2.45) is 7.05 Å². The molecule has 9 heteroatoms. The van der Waals surface area contributed by atoms with Gasteiger partial charge in [-0.25, -0.2) is 9.59 Å². The van der Waals surface area contributed by atoms with Crippen molar-refractivity contribution in [3.8, 4) is 0 Å². The Morgan fingerprint density at radius 1 is 1.29 bits per heavy atom. The van der Waals surface area contributed by atoms with E-state index in [0.29, 0.717) is 26.9 Å². The molecule has 2 heterocycles. The van der Waals surface area contributed by atoms with Gasteiger partial charge < -0.3 is 24.6 Å². The zero-order chi connectivity index (χ0) is 17.3. The van der Waals surface area contributed by atoms with E-state index in [9.17, 15) is 14.4 Å². The monoisotopic (exact) mass is 392 g/mol. The molecule has 2 aromatic heterocycles. The van der Waals surface area contributed by atoms with E-state index in [1.54, 1.807) is 42.1 Å². The largest absolute Gasteiger partial charge is 0.451 e. The number of nitrogens with one attached hydrogen (secondary N) is 3. The van der Waals surface area contributed by atoms with Crippen molar-refractivity contribution in [1.29, 1.82) is 0 Å². The maximum absolute atomic E-state index is 12.0. The number of aromatic nitrogens is 3. The van der Waals surface area contributed by atoms with Crippen LogP contribution < -0.4 is 11.0 Å². The Morgan fingerprint density at radius 3 is 2.67 bits per heavy atom. The van der Waals surface area contributed by atoms with E-state index < -0.39 is 18.5 Å². The number of halogens is 1. The van der Waals surface area contributed by atoms with E-state index in [0.717, 1.165) is 0 Å². The molecule has 0 radical (unpaired) electrons. The van der Waals surface area contributed by atoms with Crippen molar-refractivity contribution < 1.29 is 14.3 Å². The first-order chi connectivity index (χ1) is 11.4. The van der Waals surface area contributed by atoms with Crippen LogP contribution in [0.1, 0.15) is 10.5 Å². The standard InChI is InChI=1S/C15H13BrN4O4/c1-20-4-2-3-12(20)14(22)24-7-13(21)17-9-6-11-10(5-8(9)16)18-15(23)19-11/h2-6H,7H2,1H3,(H,17,21)(H2,18,19,23). The Labute approximate surface area is 143 Å². The predicted octanol–water partition coefficient (Wildman–Crippen LogP) is 1.75. The number of imidazole rings is 1. The minimum Gasteiger partial charge on any atom is -0.451 e. The molecule has 8 nitrogen and oxygen atoms in total. The van der Waals surface area contributed by atoms with E-state index in [1.165, 1.54) is 0 Å². The summed E-state index contributed by atoms with van der Waals surface area (Å²) in [5.41, 5.74) is 1.64. The lowest BCUT2D eigenvalue weighted by Gasteiger charge is -2.09. The topological polar surface area (TPSA) is 109 Å². The number of rotatable bonds is 4. The third-order valence-corrected chi connectivity index (χ3v) is 4.02. The second-order valence-electron chi connectivity index (χ2n) is 5.09. The molecule has 3 aromatic rings. The van der Waals surface area contributed by atoms with Gasteiger partial charge in [0.2, 0.25) is 0 Å². The zero-order valence-electron chi connectivity index (χ0n) is 12.6. The second-order valence-corrected chi connectivity index (χ2v) is 5.94. The van der Waals surface area contributed by atoms with Gasteiger partial charge in [0.15, 0.2) is 6.61 Å². The Bertz CT molecular complexity index is 985. The number of fused-ring (bicyclic) bond motifs is 1. The van der Waals surface area contributed by atoms with E-state index in [4.69, 9.17) is 4.74 Å². The molecule has 0 atom stereocenters. The lowest BCUT2D eigenvalue weighted by Crippen LogP contribution is -2.22. The number of amides is 1. The van der Waals surface area contributed by atoms with Crippen molar-refractivity contribution in [2.45, 2.75) is 0 Å². The Morgan fingerprint density at radius 2 is 2.00 bits per heavy atom. The van der Waals surface area contributed by atoms with Gasteiger partial charge in [0.25, 0.3) is 5.91 Å². The van der Waals surface area contributed by atoms with Gasteiger partial charge >= 0.3 is 11.7 Å². The maximum atomic E-state index is 12.0. The van der Waals surface area contributed by atoms with E-state index in [2.05, 4.69) is 31.2 Å². The number of H-pyrrole nitrogens is 2. The number of hydrogen-bond donors (Lipinski definition) is 3. The number of carbonyl (C=O) groups excluding carboxylic acids is 2. The van der Waals surface area contributed by atoms with Crippen molar-refractivity contribution in [1.82, 2.24) is 14.5 Å². The third kappa shape index (κ3) is 3.25. The van der Waals surface area contributed by atoms with E-state index in [1.807, 2.05) is 0 Å². The SMILES string of the molecule is Cn1cccc1C(=O)OCC(=O)Nc1cc2[nH]c(=O)[nH]c2cc1Br. The summed E-state index contributed by atoms with van der Waals surface area (Å²) in [6, 6.07) is 6.58. The molecule has 124 valence electrons. The van der Waals surface area contributed by atoms with Crippen molar-refractivity contribution in [3.63, 3.8) is 0 Å². The Balaban J connectivity index is 1.66. The number of hydrogen-bond acceptors (Lipinski definition) is 4. The minimum atomic E-state index is -0.581. The molecule has 3 N–H and O–H groups in total. The molecule has 0 aliphatic heterocycles. The highest BCUT2D eigenvalue weighted by molar-refractivity contribution is 9.10. The van der Waals surface area contributed by atoms with Gasteiger partial charge in [0.05, 0.1) is 16.7 Å². The number of carbonyl (C=O) groups is 2. The van der Waals surface area contributed by atoms with Crippen LogP contribution in [0.5, 0.6) is 0 Å². The first-order valence-corrected chi connectivity index (χ1v) is 7.73. The molecular weight excluding hydrogens is 380 g/mol. The summed E-state index contributed by atoms with van der Waals surface area (Å²) in [5, 5.41) is 2.62. The van der Waals surface area contributed by atoms with Gasteiger partial charge in [0, 0.05) is 17.7 Å². The molecule has 1 aromatic carbocycles. The van der Waals surface area contributed by atoms with Crippen LogP contribution in [-0.2, 0) is 16.6 Å². The molecule has 0 saturated carbocycles. The van der Waals surface area contributed by atoms with Gasteiger partial charge in [-0.2, -0.15) is 0 Å². The molecule has 3 rings (SSSR count). The fourth-order valence-electron chi connectivity index (χ4n) is 2.22. The molecule has 0 spiro atoms. The number of benzene rings is 1. The summed E-state index contributed by atoms with van der Waals surface area (Å²) in [6.45, 7) is -0.419. The van der Waals surface area contributed by atoms with Gasteiger partial charge in [-0.1, -0.05) is 0 Å². The molecule has 0 aliphatic rings. The van der Waals surface area contributed by atoms with E-state index in [-0.39, 0.29) is 5.69 Å². The van der Waals surface area contributed by atoms with Crippen molar-refractivity contribution >= 4 is 44.5 Å². The number of ether oxygens (including phenoxy) is 1. The minimum absolute atomic E-state index is 0.336. The molecule has 0 bridgehead atoms. The van der Waals surface area contributed by atoms with Crippen LogP contribution in [-0.4, -0.2) is 33.0 Å². The van der Waals surface area contributed by atoms with Crippen LogP contribution in [0, 0.1) is 0 Å². The lowest BCUT2D eigenvalue weighted by atomic mass is 10.2. The second kappa shape index (κ2) is 6.36. The Hall–Kier alpha value is -2.81. The van der Waals surface area contributed by atoms with Gasteiger partial charge in [0.1, 0.15) is 5.69 Å². The first kappa shape index (κ1) is 16.1. The summed E-state index contributed by atoms with van der Waals surface area (Å²) in [4.78, 5) is 40.3. The number of nitrogens with zero attached hydrogens (tertiary/aromatic N) is 1. The van der Waals surface area contributed by atoms with E-state index >= 15 is 0 Å². The molecule has 0 fully saturated rings. The van der Waals surface area contributed by atoms with Gasteiger partial charge in [-0.3, -0.25) is 4.79 Å². The smallest absolute Gasteiger partial charge is 0.355 e. The lowest BCUT2D eigenvalue weighted by molar-refractivity contribution is -0.119. The third-order valence-electron chi connectivity index (χ3n) is 3.36. The normalized spacial score (nSPS) is 10.8. The van der Waals surface area contributed by atoms with Crippen LogP contribution in [0.2, 0.25) is 0 Å². The highest BCUT2D eigenvalue weighted by Gasteiger charge is 2.14.